The van der Waals surface area contributed by atoms with Gasteiger partial charge >= 0.3 is 0 Å². The summed E-state index contributed by atoms with van der Waals surface area (Å²) in [4.78, 5) is 10.9. The van der Waals surface area contributed by atoms with Gasteiger partial charge < -0.3 is 11.1 Å². The van der Waals surface area contributed by atoms with Crippen LogP contribution < -0.4 is 11.1 Å². The van der Waals surface area contributed by atoms with Gasteiger partial charge in [-0.25, -0.2) is 0 Å². The van der Waals surface area contributed by atoms with E-state index in [1.807, 2.05) is 13.0 Å². The second-order valence-corrected chi connectivity index (χ2v) is 5.04. The lowest BCUT2D eigenvalue weighted by Gasteiger charge is -2.16. The molecule has 0 saturated heterocycles. The van der Waals surface area contributed by atoms with Gasteiger partial charge in [0.05, 0.1) is 6.04 Å². The molecule has 0 fully saturated rings. The molecule has 104 valence electrons. The van der Waals surface area contributed by atoms with E-state index in [0.29, 0.717) is 15.9 Å². The van der Waals surface area contributed by atoms with Gasteiger partial charge in [0.2, 0.25) is 0 Å². The van der Waals surface area contributed by atoms with Crippen molar-refractivity contribution in [2.75, 3.05) is 5.32 Å². The minimum absolute atomic E-state index is 0.0894. The van der Waals surface area contributed by atoms with Crippen LogP contribution in [-0.2, 0) is 0 Å². The molecule has 0 saturated carbocycles. The first kappa shape index (κ1) is 14.6. The van der Waals surface area contributed by atoms with Crippen LogP contribution in [0.3, 0.4) is 0 Å². The van der Waals surface area contributed by atoms with Gasteiger partial charge in [0.15, 0.2) is 5.69 Å². The van der Waals surface area contributed by atoms with E-state index < -0.39 is 5.91 Å². The van der Waals surface area contributed by atoms with Crippen LogP contribution in [0.5, 0.6) is 0 Å². The summed E-state index contributed by atoms with van der Waals surface area (Å²) in [6, 6.07) is 8.34. The first-order chi connectivity index (χ1) is 9.47. The third-order valence-corrected chi connectivity index (χ3v) is 3.27. The molecule has 1 heterocycles. The zero-order valence-corrected chi connectivity index (χ0v) is 12.1. The van der Waals surface area contributed by atoms with Crippen molar-refractivity contribution in [2.45, 2.75) is 13.0 Å². The van der Waals surface area contributed by atoms with Crippen LogP contribution in [0, 0.1) is 0 Å². The van der Waals surface area contributed by atoms with Crippen molar-refractivity contribution in [1.29, 1.82) is 0 Å². The van der Waals surface area contributed by atoms with E-state index >= 15 is 0 Å². The van der Waals surface area contributed by atoms with Crippen LogP contribution >= 0.6 is 23.2 Å². The van der Waals surface area contributed by atoms with Crippen LogP contribution in [0.4, 0.5) is 5.82 Å². The number of carbonyl (C=O) groups excluding carboxylic acids is 1. The zero-order chi connectivity index (χ0) is 14.7. The molecule has 0 aliphatic carbocycles. The van der Waals surface area contributed by atoms with Crippen molar-refractivity contribution < 1.29 is 4.79 Å². The normalized spacial score (nSPS) is 11.9. The van der Waals surface area contributed by atoms with Crippen LogP contribution in [-0.4, -0.2) is 16.1 Å². The van der Waals surface area contributed by atoms with E-state index in [-0.39, 0.29) is 11.7 Å². The summed E-state index contributed by atoms with van der Waals surface area (Å²) in [5.74, 6) is -0.0913. The number of nitrogens with one attached hydrogen (secondary N) is 1. The Kier molecular flexibility index (Phi) is 4.42. The van der Waals surface area contributed by atoms with E-state index in [0.717, 1.165) is 5.56 Å². The van der Waals surface area contributed by atoms with E-state index in [9.17, 15) is 4.79 Å². The SMILES string of the molecule is CC(Nc1ccc(C(N)=O)nn1)c1ccc(Cl)cc1Cl. The Morgan fingerprint density at radius 3 is 2.55 bits per heavy atom. The molecule has 0 spiro atoms. The van der Waals surface area contributed by atoms with Crippen LogP contribution in [0.2, 0.25) is 10.0 Å². The molecule has 1 atom stereocenters. The molecule has 0 radical (unpaired) electrons. The zero-order valence-electron chi connectivity index (χ0n) is 10.6. The van der Waals surface area contributed by atoms with E-state index in [1.54, 1.807) is 18.2 Å². The maximum Gasteiger partial charge on any atom is 0.269 e. The fourth-order valence-electron chi connectivity index (χ4n) is 1.69. The summed E-state index contributed by atoms with van der Waals surface area (Å²) >= 11 is 12.0. The summed E-state index contributed by atoms with van der Waals surface area (Å²) in [5.41, 5.74) is 6.10. The smallest absolute Gasteiger partial charge is 0.269 e. The quantitative estimate of drug-likeness (QED) is 0.909. The molecular weight excluding hydrogens is 299 g/mol. The van der Waals surface area contributed by atoms with Gasteiger partial charge in [-0.05, 0) is 36.8 Å². The Bertz CT molecular complexity index is 631. The largest absolute Gasteiger partial charge is 0.364 e. The van der Waals surface area contributed by atoms with E-state index in [4.69, 9.17) is 28.9 Å². The highest BCUT2D eigenvalue weighted by molar-refractivity contribution is 6.35. The minimum atomic E-state index is -0.613. The van der Waals surface area contributed by atoms with Crippen molar-refractivity contribution in [2.24, 2.45) is 5.73 Å². The first-order valence-electron chi connectivity index (χ1n) is 5.82. The van der Waals surface area contributed by atoms with Crippen molar-refractivity contribution in [1.82, 2.24) is 10.2 Å². The lowest BCUT2D eigenvalue weighted by atomic mass is 10.1. The Morgan fingerprint density at radius 1 is 1.25 bits per heavy atom. The molecule has 0 aliphatic rings. The second-order valence-electron chi connectivity index (χ2n) is 4.20. The number of nitrogens with zero attached hydrogens (tertiary/aromatic N) is 2. The van der Waals surface area contributed by atoms with Crippen molar-refractivity contribution >= 4 is 34.9 Å². The highest BCUT2D eigenvalue weighted by Gasteiger charge is 2.11. The van der Waals surface area contributed by atoms with Gasteiger partial charge in [-0.1, -0.05) is 29.3 Å². The van der Waals surface area contributed by atoms with Gasteiger partial charge in [-0.2, -0.15) is 0 Å². The molecule has 1 aromatic carbocycles. The van der Waals surface area contributed by atoms with Gasteiger partial charge in [0.25, 0.3) is 5.91 Å². The summed E-state index contributed by atoms with van der Waals surface area (Å²) in [7, 11) is 0. The van der Waals surface area contributed by atoms with Gasteiger partial charge in [0.1, 0.15) is 5.82 Å². The molecule has 2 aromatic rings. The molecule has 0 aliphatic heterocycles. The fourth-order valence-corrected chi connectivity index (χ4v) is 2.27. The Labute approximate surface area is 126 Å². The number of hydrogen-bond acceptors (Lipinski definition) is 4. The number of aromatic nitrogens is 2. The molecule has 1 unspecified atom stereocenters. The molecule has 5 nitrogen and oxygen atoms in total. The number of anilines is 1. The average Bonchev–Trinajstić information content (AvgIpc) is 2.39. The monoisotopic (exact) mass is 310 g/mol. The number of amides is 1. The van der Waals surface area contributed by atoms with Crippen molar-refractivity contribution in [3.8, 4) is 0 Å². The van der Waals surface area contributed by atoms with Crippen molar-refractivity contribution in [3.63, 3.8) is 0 Å². The maximum absolute atomic E-state index is 10.9. The molecule has 2 rings (SSSR count). The first-order valence-corrected chi connectivity index (χ1v) is 6.58. The fraction of sp³-hybridized carbons (Fsp3) is 0.154. The standard InChI is InChI=1S/C13H12Cl2N4O/c1-7(9-3-2-8(14)6-10(9)15)17-12-5-4-11(13(16)20)18-19-12/h2-7H,1H3,(H2,16,20)(H,17,19). The number of nitrogens with two attached hydrogens (primary N) is 1. The number of carbonyl (C=O) groups is 1. The average molecular weight is 311 g/mol. The molecule has 7 heteroatoms. The summed E-state index contributed by atoms with van der Waals surface area (Å²) in [6.45, 7) is 1.93. The molecular formula is C13H12Cl2N4O. The van der Waals surface area contributed by atoms with Gasteiger partial charge in [-0.3, -0.25) is 4.79 Å². The Morgan fingerprint density at radius 2 is 2.00 bits per heavy atom. The number of halogens is 2. The van der Waals surface area contributed by atoms with E-state index in [2.05, 4.69) is 15.5 Å². The third kappa shape index (κ3) is 3.37. The molecule has 3 N–H and O–H groups in total. The number of hydrogen-bond donors (Lipinski definition) is 2. The predicted octanol–water partition coefficient (Wildman–Crippen LogP) is 3.06. The highest BCUT2D eigenvalue weighted by atomic mass is 35.5. The number of rotatable bonds is 4. The summed E-state index contributed by atoms with van der Waals surface area (Å²) in [6.07, 6.45) is 0. The van der Waals surface area contributed by atoms with E-state index in [1.165, 1.54) is 6.07 Å². The third-order valence-electron chi connectivity index (χ3n) is 2.71. The lowest BCUT2D eigenvalue weighted by molar-refractivity contribution is 0.0994. The van der Waals surface area contributed by atoms with Crippen LogP contribution in [0.25, 0.3) is 0 Å². The Balaban J connectivity index is 2.14. The van der Waals surface area contributed by atoms with Crippen molar-refractivity contribution in [3.05, 3.63) is 51.6 Å². The topological polar surface area (TPSA) is 80.9 Å². The summed E-state index contributed by atoms with van der Waals surface area (Å²) in [5, 5.41) is 11.9. The predicted molar refractivity (Wildman–Crippen MR) is 79.0 cm³/mol. The molecule has 1 aromatic heterocycles. The minimum Gasteiger partial charge on any atom is -0.364 e. The lowest BCUT2D eigenvalue weighted by Crippen LogP contribution is -2.15. The maximum atomic E-state index is 10.9. The van der Waals surface area contributed by atoms with Crippen LogP contribution in [0.15, 0.2) is 30.3 Å². The Hall–Kier alpha value is -1.85. The molecule has 1 amide bonds. The van der Waals surface area contributed by atoms with Gasteiger partial charge in [0, 0.05) is 10.0 Å². The summed E-state index contributed by atoms with van der Waals surface area (Å²) < 4.78 is 0. The van der Waals surface area contributed by atoms with Gasteiger partial charge in [-0.15, -0.1) is 10.2 Å². The molecule has 0 bridgehead atoms. The number of primary amides is 1. The second kappa shape index (κ2) is 6.07. The van der Waals surface area contributed by atoms with Crippen LogP contribution in [0.1, 0.15) is 29.0 Å². The highest BCUT2D eigenvalue weighted by Crippen LogP contribution is 2.27. The molecule has 20 heavy (non-hydrogen) atoms. The number of benzene rings is 1.